The summed E-state index contributed by atoms with van der Waals surface area (Å²) in [6.07, 6.45) is 2.77. The van der Waals surface area contributed by atoms with Crippen molar-refractivity contribution in [1.29, 1.82) is 0 Å². The van der Waals surface area contributed by atoms with Gasteiger partial charge in [-0.1, -0.05) is 26.7 Å². The number of unbranched alkanes of at least 4 members (excludes halogenated alkanes) is 2. The molecule has 0 aromatic carbocycles. The van der Waals surface area contributed by atoms with E-state index in [-0.39, 0.29) is 0 Å². The Labute approximate surface area is 127 Å². The van der Waals surface area contributed by atoms with Crippen LogP contribution in [-0.2, 0) is 9.47 Å². The van der Waals surface area contributed by atoms with E-state index in [2.05, 4.69) is 5.32 Å². The molecule has 2 amide bonds. The molecule has 0 spiro atoms. The number of ether oxygens (including phenoxy) is 2. The Morgan fingerprint density at radius 1 is 1.05 bits per heavy atom. The summed E-state index contributed by atoms with van der Waals surface area (Å²) < 4.78 is 10.1. The van der Waals surface area contributed by atoms with Gasteiger partial charge >= 0.3 is 12.2 Å². The van der Waals surface area contributed by atoms with Gasteiger partial charge in [-0.15, -0.1) is 0 Å². The van der Waals surface area contributed by atoms with Crippen LogP contribution in [0.1, 0.15) is 39.5 Å². The van der Waals surface area contributed by atoms with Crippen molar-refractivity contribution in [3.8, 4) is 0 Å². The molecule has 0 aromatic heterocycles. The van der Waals surface area contributed by atoms with E-state index in [9.17, 15) is 9.59 Å². The molecule has 0 saturated heterocycles. The normalized spacial score (nSPS) is 10.0. The molecule has 21 heavy (non-hydrogen) atoms. The summed E-state index contributed by atoms with van der Waals surface area (Å²) in [6.45, 7) is 6.28. The first-order chi connectivity index (χ1) is 10.2. The van der Waals surface area contributed by atoms with Gasteiger partial charge in [0.25, 0.3) is 0 Å². The van der Waals surface area contributed by atoms with Crippen molar-refractivity contribution >= 4 is 12.2 Å². The summed E-state index contributed by atoms with van der Waals surface area (Å²) in [6, 6.07) is 0. The molecule has 0 bridgehead atoms. The van der Waals surface area contributed by atoms with Gasteiger partial charge in [-0.3, -0.25) is 0 Å². The third-order valence-corrected chi connectivity index (χ3v) is 2.76. The maximum atomic E-state index is 11.8. The van der Waals surface area contributed by atoms with Crippen LogP contribution in [0.4, 0.5) is 9.59 Å². The number of nitrogens with zero attached hydrogens (tertiary/aromatic N) is 1. The van der Waals surface area contributed by atoms with E-state index >= 15 is 0 Å². The highest BCUT2D eigenvalue weighted by atomic mass is 16.6. The van der Waals surface area contributed by atoms with Gasteiger partial charge in [-0.2, -0.15) is 0 Å². The van der Waals surface area contributed by atoms with Crippen molar-refractivity contribution in [3.63, 3.8) is 0 Å². The Morgan fingerprint density at radius 2 is 1.67 bits per heavy atom. The molecule has 3 N–H and O–H groups in total. The van der Waals surface area contributed by atoms with Crippen LogP contribution >= 0.6 is 0 Å². The second kappa shape index (κ2) is 13.5. The van der Waals surface area contributed by atoms with Gasteiger partial charge in [0.2, 0.25) is 0 Å². The number of carbonyl (C=O) groups excluding carboxylic acids is 2. The molecule has 0 fully saturated rings. The van der Waals surface area contributed by atoms with Gasteiger partial charge < -0.3 is 25.4 Å². The molecule has 0 aliphatic rings. The van der Waals surface area contributed by atoms with Gasteiger partial charge in [0.1, 0.15) is 0 Å². The summed E-state index contributed by atoms with van der Waals surface area (Å²) in [5, 5.41) is 2.60. The lowest BCUT2D eigenvalue weighted by Gasteiger charge is -2.21. The smallest absolute Gasteiger partial charge is 0.409 e. The summed E-state index contributed by atoms with van der Waals surface area (Å²) in [5.41, 5.74) is 5.47. The number of rotatable bonds is 11. The first-order valence-electron chi connectivity index (χ1n) is 7.68. The lowest BCUT2D eigenvalue weighted by molar-refractivity contribution is 0.101. The first-order valence-corrected chi connectivity index (χ1v) is 7.68. The number of alkyl carbamates (subject to hydrolysis) is 1. The lowest BCUT2D eigenvalue weighted by Crippen LogP contribution is -2.41. The average molecular weight is 303 g/mol. The number of amides is 2. The van der Waals surface area contributed by atoms with Gasteiger partial charge in [0.05, 0.1) is 13.2 Å². The molecule has 0 aliphatic carbocycles. The van der Waals surface area contributed by atoms with Crippen LogP contribution < -0.4 is 11.1 Å². The maximum absolute atomic E-state index is 11.8. The molecule has 0 saturated carbocycles. The molecule has 0 aromatic rings. The zero-order chi connectivity index (χ0) is 15.9. The van der Waals surface area contributed by atoms with E-state index in [0.29, 0.717) is 39.4 Å². The molecular formula is C14H29N3O4. The number of hydrogen-bond donors (Lipinski definition) is 2. The van der Waals surface area contributed by atoms with Crippen molar-refractivity contribution in [2.45, 2.75) is 39.5 Å². The SMILES string of the molecule is CCCCOC(=O)NCCN(CCN)C(=O)OCCCC. The molecule has 0 atom stereocenters. The van der Waals surface area contributed by atoms with Crippen molar-refractivity contribution in [1.82, 2.24) is 10.2 Å². The lowest BCUT2D eigenvalue weighted by atomic mass is 10.4. The topological polar surface area (TPSA) is 93.9 Å². The third-order valence-electron chi connectivity index (χ3n) is 2.76. The van der Waals surface area contributed by atoms with Crippen LogP contribution in [0.5, 0.6) is 0 Å². The zero-order valence-electron chi connectivity index (χ0n) is 13.2. The minimum atomic E-state index is -0.463. The van der Waals surface area contributed by atoms with Crippen LogP contribution in [0.3, 0.4) is 0 Å². The van der Waals surface area contributed by atoms with Crippen LogP contribution in [0.25, 0.3) is 0 Å². The Bertz CT molecular complexity index is 287. The fraction of sp³-hybridized carbons (Fsp3) is 0.857. The average Bonchev–Trinajstić information content (AvgIpc) is 2.46. The maximum Gasteiger partial charge on any atom is 0.409 e. The molecule has 124 valence electrons. The predicted molar refractivity (Wildman–Crippen MR) is 81.1 cm³/mol. The Kier molecular flexibility index (Phi) is 12.5. The first kappa shape index (κ1) is 19.5. The van der Waals surface area contributed by atoms with E-state index < -0.39 is 12.2 Å². The van der Waals surface area contributed by atoms with Crippen LogP contribution in [-0.4, -0.2) is 56.5 Å². The molecule has 7 nitrogen and oxygen atoms in total. The van der Waals surface area contributed by atoms with E-state index in [4.69, 9.17) is 15.2 Å². The Hall–Kier alpha value is -1.50. The van der Waals surface area contributed by atoms with Crippen molar-refractivity contribution in [2.75, 3.05) is 39.4 Å². The fourth-order valence-electron chi connectivity index (χ4n) is 1.50. The summed E-state index contributed by atoms with van der Waals surface area (Å²) in [4.78, 5) is 24.6. The standard InChI is InChI=1S/C14H29N3O4/c1-3-5-11-20-13(18)16-8-10-17(9-7-15)14(19)21-12-6-4-2/h3-12,15H2,1-2H3,(H,16,18). The summed E-state index contributed by atoms with van der Waals surface area (Å²) in [5.74, 6) is 0. The van der Waals surface area contributed by atoms with E-state index in [1.54, 1.807) is 0 Å². The van der Waals surface area contributed by atoms with Gasteiger partial charge in [-0.25, -0.2) is 9.59 Å². The van der Waals surface area contributed by atoms with Crippen LogP contribution in [0, 0.1) is 0 Å². The molecule has 0 heterocycles. The summed E-state index contributed by atoms with van der Waals surface area (Å²) in [7, 11) is 0. The van der Waals surface area contributed by atoms with Crippen molar-refractivity contribution < 1.29 is 19.1 Å². The highest BCUT2D eigenvalue weighted by Crippen LogP contribution is 1.96. The number of nitrogens with one attached hydrogen (secondary N) is 1. The molecule has 0 rings (SSSR count). The molecule has 0 unspecified atom stereocenters. The molecule has 7 heteroatoms. The molecule has 0 radical (unpaired) electrons. The van der Waals surface area contributed by atoms with Gasteiger partial charge in [0.15, 0.2) is 0 Å². The van der Waals surface area contributed by atoms with E-state index in [0.717, 1.165) is 25.7 Å². The number of carbonyl (C=O) groups is 2. The molecular weight excluding hydrogens is 274 g/mol. The Balaban J connectivity index is 3.91. The monoisotopic (exact) mass is 303 g/mol. The predicted octanol–water partition coefficient (Wildman–Crippen LogP) is 1.71. The van der Waals surface area contributed by atoms with Crippen LogP contribution in [0.15, 0.2) is 0 Å². The minimum absolute atomic E-state index is 0.313. The Morgan fingerprint density at radius 3 is 2.24 bits per heavy atom. The zero-order valence-corrected chi connectivity index (χ0v) is 13.2. The molecule has 0 aliphatic heterocycles. The quantitative estimate of drug-likeness (QED) is 0.567. The van der Waals surface area contributed by atoms with Crippen molar-refractivity contribution in [2.24, 2.45) is 5.73 Å². The largest absolute Gasteiger partial charge is 0.450 e. The van der Waals surface area contributed by atoms with E-state index in [1.165, 1.54) is 4.90 Å². The highest BCUT2D eigenvalue weighted by Gasteiger charge is 2.14. The second-order valence-electron chi connectivity index (χ2n) is 4.66. The number of hydrogen-bond acceptors (Lipinski definition) is 5. The summed E-state index contributed by atoms with van der Waals surface area (Å²) >= 11 is 0. The van der Waals surface area contributed by atoms with Crippen molar-refractivity contribution in [3.05, 3.63) is 0 Å². The second-order valence-corrected chi connectivity index (χ2v) is 4.66. The highest BCUT2D eigenvalue weighted by molar-refractivity contribution is 5.68. The number of nitrogens with two attached hydrogens (primary N) is 1. The fourth-order valence-corrected chi connectivity index (χ4v) is 1.50. The third kappa shape index (κ3) is 10.9. The van der Waals surface area contributed by atoms with Gasteiger partial charge in [-0.05, 0) is 12.8 Å². The van der Waals surface area contributed by atoms with E-state index in [1.807, 2.05) is 13.8 Å². The minimum Gasteiger partial charge on any atom is -0.450 e. The van der Waals surface area contributed by atoms with Gasteiger partial charge in [0, 0.05) is 26.2 Å². The van der Waals surface area contributed by atoms with Crippen LogP contribution in [0.2, 0.25) is 0 Å².